The number of aromatic nitrogens is 4. The Bertz CT molecular complexity index is 963. The van der Waals surface area contributed by atoms with Gasteiger partial charge in [0.2, 0.25) is 0 Å². The molecule has 0 bridgehead atoms. The highest BCUT2D eigenvalue weighted by Crippen LogP contribution is 2.62. The Hall–Kier alpha value is -1.28. The average Bonchev–Trinajstić information content (AvgIpc) is 3.16. The minimum atomic E-state index is -1.52. The highest BCUT2D eigenvalue weighted by molar-refractivity contribution is 7.60. The summed E-state index contributed by atoms with van der Waals surface area (Å²) in [5.74, 6) is 0.331. The van der Waals surface area contributed by atoms with Crippen LogP contribution < -0.4 is 0 Å². The highest BCUT2D eigenvalue weighted by Gasteiger charge is 2.45. The maximum atomic E-state index is 4.77. The van der Waals surface area contributed by atoms with Crippen LogP contribution in [0, 0.1) is 5.92 Å². The zero-order chi connectivity index (χ0) is 24.7. The molecule has 33 heavy (non-hydrogen) atoms. The maximum Gasteiger partial charge on any atom is 0.0933 e. The zero-order valence-electron chi connectivity index (χ0n) is 21.7. The monoisotopic (exact) mass is 498 g/mol. The molecular weight excluding hydrogens is 458 g/mol. The van der Waals surface area contributed by atoms with E-state index in [2.05, 4.69) is 92.5 Å². The second-order valence-electron chi connectivity index (χ2n) is 12.0. The van der Waals surface area contributed by atoms with E-state index in [-0.39, 0.29) is 18.2 Å². The Kier molecular flexibility index (Phi) is 7.50. The first-order valence-corrected chi connectivity index (χ1v) is 17.3. The zero-order valence-corrected chi connectivity index (χ0v) is 24.8. The first-order valence-electron chi connectivity index (χ1n) is 11.7. The fourth-order valence-corrected chi connectivity index (χ4v) is 10.5. The summed E-state index contributed by atoms with van der Waals surface area (Å²) >= 11 is 0. The number of allylic oxidation sites excluding steroid dienone is 4. The molecule has 0 fully saturated rings. The van der Waals surface area contributed by atoms with Gasteiger partial charge in [0.05, 0.1) is 37.0 Å². The molecule has 2 unspecified atom stereocenters. The molecule has 0 saturated carbocycles. The van der Waals surface area contributed by atoms with E-state index in [4.69, 9.17) is 9.97 Å². The van der Waals surface area contributed by atoms with Crippen LogP contribution >= 0.6 is 17.2 Å². The summed E-state index contributed by atoms with van der Waals surface area (Å²) in [6, 6.07) is 0. The Morgan fingerprint density at radius 2 is 1.33 bits per heavy atom. The summed E-state index contributed by atoms with van der Waals surface area (Å²) in [5.41, 5.74) is 3.15. The molecule has 4 nitrogen and oxygen atoms in total. The van der Waals surface area contributed by atoms with Crippen molar-refractivity contribution in [1.82, 2.24) is 19.9 Å². The molecule has 1 aliphatic carbocycles. The van der Waals surface area contributed by atoms with Gasteiger partial charge in [-0.25, -0.2) is 0 Å². The Balaban J connectivity index is 2.21. The van der Waals surface area contributed by atoms with Gasteiger partial charge in [-0.15, -0.1) is 9.24 Å². The summed E-state index contributed by atoms with van der Waals surface area (Å²) in [6.07, 6.45) is 17.0. The lowest BCUT2D eigenvalue weighted by Crippen LogP contribution is -2.33. The summed E-state index contributed by atoms with van der Waals surface area (Å²) in [4.78, 5) is 18.4. The molecule has 0 amide bonds. The van der Waals surface area contributed by atoms with Crippen LogP contribution in [-0.4, -0.2) is 44.5 Å². The molecule has 0 aliphatic heterocycles. The predicted molar refractivity (Wildman–Crippen MR) is 149 cm³/mol. The molecule has 2 aromatic rings. The van der Waals surface area contributed by atoms with E-state index in [1.807, 2.05) is 12.4 Å². The second-order valence-corrected chi connectivity index (χ2v) is 21.9. The third-order valence-corrected chi connectivity index (χ3v) is 13.3. The number of rotatable bonds is 6. The van der Waals surface area contributed by atoms with Crippen LogP contribution in [0.4, 0.5) is 0 Å². The Morgan fingerprint density at radius 1 is 0.848 bits per heavy atom. The number of nitrogens with zero attached hydrogens (tertiary/aromatic N) is 4. The van der Waals surface area contributed by atoms with Gasteiger partial charge < -0.3 is 0 Å². The summed E-state index contributed by atoms with van der Waals surface area (Å²) in [5, 5.41) is 1.47. The van der Waals surface area contributed by atoms with Gasteiger partial charge in [-0.3, -0.25) is 19.9 Å². The normalized spacial score (nSPS) is 17.8. The molecule has 178 valence electrons. The molecule has 2 aromatic heterocycles. The van der Waals surface area contributed by atoms with E-state index >= 15 is 0 Å². The van der Waals surface area contributed by atoms with Crippen molar-refractivity contribution in [1.29, 1.82) is 0 Å². The van der Waals surface area contributed by atoms with Crippen molar-refractivity contribution < 1.29 is 0 Å². The van der Waals surface area contributed by atoms with Crippen molar-refractivity contribution in [3.05, 3.63) is 71.5 Å². The van der Waals surface area contributed by atoms with Crippen molar-refractivity contribution in [2.24, 2.45) is 5.92 Å². The highest BCUT2D eigenvalue weighted by atomic mass is 31.1. The van der Waals surface area contributed by atoms with Crippen LogP contribution in [0.3, 0.4) is 0 Å². The van der Waals surface area contributed by atoms with E-state index in [0.29, 0.717) is 5.92 Å². The van der Waals surface area contributed by atoms with Gasteiger partial charge in [-0.1, -0.05) is 86.5 Å². The standard InChI is InChI=1S/C26H40N4P2Si/c1-24(2,3)32(25(4,5)6)18-19-14-20(33(7,8)9)15-21(19)26(31,22-16-27-10-12-29-22)23-17-28-11-13-30-23/h10-17,19H,18,31H2,1-9H3. The third kappa shape index (κ3) is 5.69. The van der Waals surface area contributed by atoms with Gasteiger partial charge in [0, 0.05) is 30.7 Å². The van der Waals surface area contributed by atoms with Gasteiger partial charge in [-0.2, -0.15) is 0 Å². The SMILES string of the molecule is CC(C)(C)P(CC1C=C([Si](C)(C)C)C=C1C(P)(c1cnccn1)c1cnccn1)C(C)(C)C. The maximum absolute atomic E-state index is 4.77. The predicted octanol–water partition coefficient (Wildman–Crippen LogP) is 6.82. The molecule has 2 heterocycles. The molecule has 0 aromatic carbocycles. The third-order valence-electron chi connectivity index (χ3n) is 6.35. The average molecular weight is 499 g/mol. The smallest absolute Gasteiger partial charge is 0.0933 e. The minimum Gasteiger partial charge on any atom is -0.261 e. The van der Waals surface area contributed by atoms with Crippen LogP contribution in [0.15, 0.2) is 60.1 Å². The molecule has 0 spiro atoms. The van der Waals surface area contributed by atoms with Crippen molar-refractivity contribution >= 4 is 25.2 Å². The molecule has 0 N–H and O–H groups in total. The minimum absolute atomic E-state index is 0.261. The summed E-state index contributed by atoms with van der Waals surface area (Å²) in [6.45, 7) is 21.7. The van der Waals surface area contributed by atoms with Crippen LogP contribution in [-0.2, 0) is 5.16 Å². The van der Waals surface area contributed by atoms with Crippen LogP contribution in [0.25, 0.3) is 0 Å². The first-order chi connectivity index (χ1) is 15.1. The molecule has 3 rings (SSSR count). The molecular formula is C26H40N4P2Si. The topological polar surface area (TPSA) is 51.6 Å². The van der Waals surface area contributed by atoms with Gasteiger partial charge >= 0.3 is 0 Å². The van der Waals surface area contributed by atoms with Gasteiger partial charge in [0.15, 0.2) is 0 Å². The van der Waals surface area contributed by atoms with Crippen molar-refractivity contribution in [2.75, 3.05) is 6.16 Å². The molecule has 7 heteroatoms. The number of hydrogen-bond acceptors (Lipinski definition) is 4. The van der Waals surface area contributed by atoms with Crippen molar-refractivity contribution in [3.8, 4) is 0 Å². The molecule has 0 radical (unpaired) electrons. The quantitative estimate of drug-likeness (QED) is 0.324. The fourth-order valence-electron chi connectivity index (χ4n) is 4.84. The second kappa shape index (κ2) is 9.40. The Labute approximate surface area is 205 Å². The van der Waals surface area contributed by atoms with Crippen LogP contribution in [0.2, 0.25) is 19.6 Å². The summed E-state index contributed by atoms with van der Waals surface area (Å²) in [7, 11) is 1.32. The van der Waals surface area contributed by atoms with Crippen LogP contribution in [0.5, 0.6) is 0 Å². The van der Waals surface area contributed by atoms with E-state index in [9.17, 15) is 0 Å². The first kappa shape index (κ1) is 26.3. The lowest BCUT2D eigenvalue weighted by molar-refractivity contribution is 0.664. The molecule has 2 atom stereocenters. The van der Waals surface area contributed by atoms with E-state index in [1.54, 1.807) is 24.8 Å². The van der Waals surface area contributed by atoms with Crippen LogP contribution in [0.1, 0.15) is 52.9 Å². The van der Waals surface area contributed by atoms with Gasteiger partial charge in [0.25, 0.3) is 0 Å². The lowest BCUT2D eigenvalue weighted by Gasteiger charge is -2.44. The molecule has 1 aliphatic rings. The van der Waals surface area contributed by atoms with Crippen molar-refractivity contribution in [3.63, 3.8) is 0 Å². The molecule has 0 saturated heterocycles. The van der Waals surface area contributed by atoms with Gasteiger partial charge in [0.1, 0.15) is 0 Å². The Morgan fingerprint density at radius 3 is 1.70 bits per heavy atom. The largest absolute Gasteiger partial charge is 0.261 e. The summed E-state index contributed by atoms with van der Waals surface area (Å²) < 4.78 is 0. The lowest BCUT2D eigenvalue weighted by atomic mass is 9.85. The van der Waals surface area contributed by atoms with Crippen molar-refractivity contribution in [2.45, 2.75) is 76.7 Å². The van der Waals surface area contributed by atoms with E-state index in [0.717, 1.165) is 17.5 Å². The van der Waals surface area contributed by atoms with Gasteiger partial charge in [-0.05, 0) is 22.0 Å². The fraction of sp³-hybridized carbons (Fsp3) is 0.538. The van der Waals surface area contributed by atoms with E-state index in [1.165, 1.54) is 10.8 Å². The van der Waals surface area contributed by atoms with E-state index < -0.39 is 13.2 Å². The number of hydrogen-bond donors (Lipinski definition) is 0.